The van der Waals surface area contributed by atoms with Crippen molar-refractivity contribution in [2.24, 2.45) is 10.2 Å². The first-order valence-electron chi connectivity index (χ1n) is 5.66. The van der Waals surface area contributed by atoms with Gasteiger partial charge in [-0.05, 0) is 17.9 Å². The van der Waals surface area contributed by atoms with Gasteiger partial charge in [0.15, 0.2) is 0 Å². The van der Waals surface area contributed by atoms with Gasteiger partial charge in [0.2, 0.25) is 0 Å². The van der Waals surface area contributed by atoms with Crippen LogP contribution in [-0.2, 0) is 0 Å². The van der Waals surface area contributed by atoms with Gasteiger partial charge in [0.05, 0.1) is 32.9 Å². The average Bonchev–Trinajstić information content (AvgIpc) is 2.61. The SMILES string of the molecule is CN(C)c1cc(O)ccc1N=NC1=IN(O)C=C=C=C1. The Kier molecular flexibility index (Phi) is 4.70. The lowest BCUT2D eigenvalue weighted by atomic mass is 10.2. The molecule has 104 valence electrons. The van der Waals surface area contributed by atoms with Crippen molar-refractivity contribution in [2.75, 3.05) is 19.0 Å². The number of azo groups is 1. The Hall–Kier alpha value is -1.92. The van der Waals surface area contributed by atoms with Gasteiger partial charge in [-0.1, -0.05) is 5.73 Å². The van der Waals surface area contributed by atoms with E-state index in [-0.39, 0.29) is 5.75 Å². The second kappa shape index (κ2) is 6.49. The monoisotopic (exact) mass is 384 g/mol. The number of anilines is 1. The quantitative estimate of drug-likeness (QED) is 0.364. The molecule has 0 saturated heterocycles. The molecule has 0 amide bonds. The van der Waals surface area contributed by atoms with Crippen LogP contribution in [-0.4, -0.2) is 31.3 Å². The van der Waals surface area contributed by atoms with Gasteiger partial charge in [-0.15, -0.1) is 10.2 Å². The normalized spacial score (nSPS) is 14.2. The minimum atomic E-state index is -0.826. The van der Waals surface area contributed by atoms with Crippen LogP contribution in [0.25, 0.3) is 0 Å². The molecule has 0 bridgehead atoms. The molecule has 1 aliphatic heterocycles. The van der Waals surface area contributed by atoms with Gasteiger partial charge in [0.1, 0.15) is 15.1 Å². The smallest absolute Gasteiger partial charge is 0.145 e. The van der Waals surface area contributed by atoms with E-state index in [1.165, 1.54) is 6.20 Å². The van der Waals surface area contributed by atoms with Gasteiger partial charge in [-0.25, -0.2) is 0 Å². The van der Waals surface area contributed by atoms with E-state index in [9.17, 15) is 10.3 Å². The number of nitrogens with zero attached hydrogens (tertiary/aromatic N) is 4. The van der Waals surface area contributed by atoms with Crippen LogP contribution in [0.3, 0.4) is 0 Å². The minimum absolute atomic E-state index is 0.177. The predicted octanol–water partition coefficient (Wildman–Crippen LogP) is 3.09. The molecule has 0 saturated carbocycles. The van der Waals surface area contributed by atoms with E-state index in [1.54, 1.807) is 24.3 Å². The molecule has 1 aromatic carbocycles. The van der Waals surface area contributed by atoms with E-state index in [0.717, 1.165) is 8.96 Å². The summed E-state index contributed by atoms with van der Waals surface area (Å²) in [6.07, 6.45) is 3.07. The van der Waals surface area contributed by atoms with Crippen molar-refractivity contribution < 1.29 is 10.3 Å². The molecule has 0 atom stereocenters. The summed E-state index contributed by atoms with van der Waals surface area (Å²) in [6.45, 7) is 0. The van der Waals surface area contributed by atoms with E-state index in [0.29, 0.717) is 9.32 Å². The van der Waals surface area contributed by atoms with Crippen LogP contribution in [0.4, 0.5) is 11.4 Å². The molecule has 6 nitrogen and oxygen atoms in total. The number of phenols is 1. The van der Waals surface area contributed by atoms with Gasteiger partial charge >= 0.3 is 0 Å². The molecule has 0 unspecified atom stereocenters. The second-order valence-electron chi connectivity index (χ2n) is 4.03. The Balaban J connectivity index is 2.31. The number of hydroxylamine groups is 1. The van der Waals surface area contributed by atoms with Crippen LogP contribution < -0.4 is 4.90 Å². The van der Waals surface area contributed by atoms with Gasteiger partial charge < -0.3 is 10.0 Å². The van der Waals surface area contributed by atoms with E-state index >= 15 is 0 Å². The summed E-state index contributed by atoms with van der Waals surface area (Å²) < 4.78 is 1.72. The number of aromatic hydroxyl groups is 1. The molecular weight excluding hydrogens is 371 g/mol. The molecule has 0 aliphatic carbocycles. The van der Waals surface area contributed by atoms with Crippen molar-refractivity contribution in [2.45, 2.75) is 0 Å². The van der Waals surface area contributed by atoms with Crippen LogP contribution in [0.5, 0.6) is 5.75 Å². The largest absolute Gasteiger partial charge is 0.508 e. The van der Waals surface area contributed by atoms with Crippen LogP contribution in [0.2, 0.25) is 0 Å². The molecule has 20 heavy (non-hydrogen) atoms. The highest BCUT2D eigenvalue weighted by molar-refractivity contribution is 14.2. The average molecular weight is 384 g/mol. The van der Waals surface area contributed by atoms with Gasteiger partial charge in [-0.3, -0.25) is 5.21 Å². The minimum Gasteiger partial charge on any atom is -0.508 e. The zero-order valence-corrected chi connectivity index (χ0v) is 13.1. The molecular formula is C13H13IN4O2. The first-order chi connectivity index (χ1) is 9.56. The molecule has 0 radical (unpaired) electrons. The summed E-state index contributed by atoms with van der Waals surface area (Å²) in [6, 6.07) is 4.87. The Labute approximate surface area is 126 Å². The highest BCUT2D eigenvalue weighted by Gasteiger charge is 2.05. The fourth-order valence-corrected chi connectivity index (χ4v) is 2.72. The Bertz CT molecular complexity index is 669. The number of rotatable bonds is 3. The van der Waals surface area contributed by atoms with E-state index in [1.807, 2.05) is 19.0 Å². The predicted molar refractivity (Wildman–Crippen MR) is 85.8 cm³/mol. The summed E-state index contributed by atoms with van der Waals surface area (Å²) in [5.41, 5.74) is 6.84. The lowest BCUT2D eigenvalue weighted by Crippen LogP contribution is -2.08. The fourth-order valence-electron chi connectivity index (χ4n) is 1.43. The zero-order chi connectivity index (χ0) is 14.5. The molecule has 2 rings (SSSR count). The summed E-state index contributed by atoms with van der Waals surface area (Å²) in [5, 5.41) is 27.3. The maximum Gasteiger partial charge on any atom is 0.145 e. The zero-order valence-electron chi connectivity index (χ0n) is 10.9. The number of benzene rings is 1. The molecule has 7 heteroatoms. The van der Waals surface area contributed by atoms with Gasteiger partial charge in [-0.2, -0.15) is 3.28 Å². The molecule has 0 aromatic heterocycles. The van der Waals surface area contributed by atoms with Crippen LogP contribution in [0.15, 0.2) is 52.2 Å². The fraction of sp³-hybridized carbons (Fsp3) is 0.154. The topological polar surface area (TPSA) is 71.7 Å². The molecule has 2 N–H and O–H groups in total. The van der Waals surface area contributed by atoms with Crippen molar-refractivity contribution in [3.63, 3.8) is 0 Å². The third-order valence-electron chi connectivity index (χ3n) is 2.31. The van der Waals surface area contributed by atoms with Crippen molar-refractivity contribution in [1.29, 1.82) is 0 Å². The standard InChI is InChI=1S/C13H13IN4O2/c1-17(2)12-9-10(19)6-7-11(12)15-16-13-5-3-4-8-18(20)14-13/h5-9,19-20H,1-2H3. The van der Waals surface area contributed by atoms with Crippen molar-refractivity contribution >= 4 is 36.0 Å². The Morgan fingerprint density at radius 1 is 1.25 bits per heavy atom. The number of phenolic OH excluding ortho intramolecular Hbond substituents is 1. The van der Waals surface area contributed by atoms with Crippen LogP contribution in [0, 0.1) is 0 Å². The molecule has 1 aliphatic rings. The van der Waals surface area contributed by atoms with Crippen molar-refractivity contribution in [1.82, 2.24) is 3.28 Å². The third-order valence-corrected chi connectivity index (χ3v) is 4.11. The van der Waals surface area contributed by atoms with Crippen molar-refractivity contribution in [3.8, 4) is 5.75 Å². The number of halogens is 1. The third kappa shape index (κ3) is 3.79. The summed E-state index contributed by atoms with van der Waals surface area (Å²) in [7, 11) is 3.73. The Morgan fingerprint density at radius 2 is 2.05 bits per heavy atom. The maximum absolute atomic E-state index is 9.51. The molecule has 1 aromatic rings. The first kappa shape index (κ1) is 14.5. The molecule has 1 heterocycles. The van der Waals surface area contributed by atoms with Gasteiger partial charge in [0, 0.05) is 26.2 Å². The van der Waals surface area contributed by atoms with Crippen LogP contribution >= 0.6 is 21.0 Å². The number of hydrogen-bond acceptors (Lipinski definition) is 6. The Morgan fingerprint density at radius 3 is 2.80 bits per heavy atom. The molecule has 0 fully saturated rings. The summed E-state index contributed by atoms with van der Waals surface area (Å²) >= 11 is -0.826. The van der Waals surface area contributed by atoms with E-state index in [4.69, 9.17) is 0 Å². The maximum atomic E-state index is 9.51. The highest BCUT2D eigenvalue weighted by Crippen LogP contribution is 2.31. The summed E-state index contributed by atoms with van der Waals surface area (Å²) in [4.78, 5) is 1.84. The van der Waals surface area contributed by atoms with Gasteiger partial charge in [0.25, 0.3) is 0 Å². The first-order valence-corrected chi connectivity index (χ1v) is 7.70. The number of hydrogen-bond donors (Lipinski definition) is 2. The lowest BCUT2D eigenvalue weighted by Gasteiger charge is -2.14. The lowest BCUT2D eigenvalue weighted by molar-refractivity contribution is 0.0931. The molecule has 0 spiro atoms. The second-order valence-corrected chi connectivity index (χ2v) is 6.60. The van der Waals surface area contributed by atoms with E-state index < -0.39 is 21.0 Å². The van der Waals surface area contributed by atoms with Crippen molar-refractivity contribution in [3.05, 3.63) is 41.9 Å². The highest BCUT2D eigenvalue weighted by atomic mass is 127. The van der Waals surface area contributed by atoms with E-state index in [2.05, 4.69) is 21.7 Å². The summed E-state index contributed by atoms with van der Waals surface area (Å²) in [5.74, 6) is 0.177. The van der Waals surface area contributed by atoms with Crippen LogP contribution in [0.1, 0.15) is 0 Å².